The van der Waals surface area contributed by atoms with Crippen LogP contribution in [0.25, 0.3) is 0 Å². The number of halogens is 1. The van der Waals surface area contributed by atoms with Crippen LogP contribution in [0.15, 0.2) is 18.2 Å². The molecule has 0 spiro atoms. The zero-order valence-electron chi connectivity index (χ0n) is 7.21. The molecule has 0 saturated carbocycles. The predicted octanol–water partition coefficient (Wildman–Crippen LogP) is 2.11. The number of aromatic hydroxyl groups is 1. The fraction of sp³-hybridized carbons (Fsp3) is 0.333. The molecule has 0 heterocycles. The number of phenols is 1. The summed E-state index contributed by atoms with van der Waals surface area (Å²) in [7, 11) is 3.95. The van der Waals surface area contributed by atoms with Crippen LogP contribution in [-0.4, -0.2) is 24.1 Å². The van der Waals surface area contributed by atoms with Crippen molar-refractivity contribution in [2.45, 2.75) is 6.54 Å². The summed E-state index contributed by atoms with van der Waals surface area (Å²) >= 11 is 5.89. The third-order valence-electron chi connectivity index (χ3n) is 1.52. The van der Waals surface area contributed by atoms with Gasteiger partial charge in [0.05, 0.1) is 0 Å². The molecule has 3 heteroatoms. The average molecular weight is 186 g/mol. The van der Waals surface area contributed by atoms with Crippen molar-refractivity contribution < 1.29 is 5.11 Å². The summed E-state index contributed by atoms with van der Waals surface area (Å²) in [5.41, 5.74) is 1.03. The van der Waals surface area contributed by atoms with Crippen molar-refractivity contribution in [1.29, 1.82) is 0 Å². The summed E-state index contributed by atoms with van der Waals surface area (Å²) < 4.78 is 0. The zero-order valence-corrected chi connectivity index (χ0v) is 7.97. The molecule has 66 valence electrons. The van der Waals surface area contributed by atoms with Crippen LogP contribution in [0.4, 0.5) is 0 Å². The van der Waals surface area contributed by atoms with E-state index in [1.54, 1.807) is 12.1 Å². The Morgan fingerprint density at radius 1 is 1.42 bits per heavy atom. The number of benzene rings is 1. The minimum Gasteiger partial charge on any atom is -0.508 e. The normalized spacial score (nSPS) is 10.7. The average Bonchev–Trinajstić information content (AvgIpc) is 1.94. The van der Waals surface area contributed by atoms with Crippen LogP contribution < -0.4 is 0 Å². The third-order valence-corrected chi connectivity index (χ3v) is 1.88. The van der Waals surface area contributed by atoms with E-state index in [-0.39, 0.29) is 5.75 Å². The van der Waals surface area contributed by atoms with E-state index < -0.39 is 0 Å². The molecule has 0 atom stereocenters. The van der Waals surface area contributed by atoms with Crippen molar-refractivity contribution in [2.75, 3.05) is 14.1 Å². The molecule has 0 aliphatic rings. The van der Waals surface area contributed by atoms with Crippen LogP contribution >= 0.6 is 11.6 Å². The molecular formula is C9H12ClNO. The lowest BCUT2D eigenvalue weighted by Gasteiger charge is -2.10. The number of hydrogen-bond donors (Lipinski definition) is 1. The van der Waals surface area contributed by atoms with Crippen molar-refractivity contribution in [3.63, 3.8) is 0 Å². The first-order valence-corrected chi connectivity index (χ1v) is 4.09. The maximum absolute atomic E-state index is 9.07. The number of phenolic OH excluding ortho intramolecular Hbond substituents is 1. The monoisotopic (exact) mass is 185 g/mol. The Balaban J connectivity index is 2.86. The topological polar surface area (TPSA) is 23.5 Å². The van der Waals surface area contributed by atoms with Gasteiger partial charge >= 0.3 is 0 Å². The summed E-state index contributed by atoms with van der Waals surface area (Å²) in [5, 5.41) is 9.69. The van der Waals surface area contributed by atoms with E-state index in [4.69, 9.17) is 16.7 Å². The summed E-state index contributed by atoms with van der Waals surface area (Å²) in [4.78, 5) is 2.03. The molecule has 0 radical (unpaired) electrons. The second-order valence-electron chi connectivity index (χ2n) is 3.01. The van der Waals surface area contributed by atoms with Crippen molar-refractivity contribution in [3.05, 3.63) is 28.8 Å². The lowest BCUT2D eigenvalue weighted by molar-refractivity contribution is 0.402. The first-order chi connectivity index (χ1) is 5.59. The molecule has 0 saturated heterocycles. The Bertz CT molecular complexity index is 273. The number of nitrogens with zero attached hydrogens (tertiary/aromatic N) is 1. The second-order valence-corrected chi connectivity index (χ2v) is 3.42. The Kier molecular flexibility index (Phi) is 2.95. The van der Waals surface area contributed by atoms with E-state index in [0.29, 0.717) is 5.02 Å². The molecule has 0 unspecified atom stereocenters. The molecule has 1 N–H and O–H groups in total. The highest BCUT2D eigenvalue weighted by Gasteiger charge is 2.01. The van der Waals surface area contributed by atoms with E-state index in [9.17, 15) is 0 Å². The highest BCUT2D eigenvalue weighted by atomic mass is 35.5. The fourth-order valence-electron chi connectivity index (χ4n) is 1.01. The molecule has 0 fully saturated rings. The number of rotatable bonds is 2. The van der Waals surface area contributed by atoms with Crippen LogP contribution in [0.1, 0.15) is 5.56 Å². The minimum atomic E-state index is 0.211. The predicted molar refractivity (Wildman–Crippen MR) is 50.5 cm³/mol. The SMILES string of the molecule is CN(C)Cc1ccc(O)cc1Cl. The maximum atomic E-state index is 9.07. The van der Waals surface area contributed by atoms with Gasteiger partial charge in [0, 0.05) is 11.6 Å². The van der Waals surface area contributed by atoms with E-state index in [0.717, 1.165) is 12.1 Å². The second kappa shape index (κ2) is 3.78. The molecule has 0 aromatic heterocycles. The van der Waals surface area contributed by atoms with Crippen molar-refractivity contribution >= 4 is 11.6 Å². The largest absolute Gasteiger partial charge is 0.508 e. The summed E-state index contributed by atoms with van der Waals surface area (Å²) in [6.07, 6.45) is 0. The fourth-order valence-corrected chi connectivity index (χ4v) is 1.24. The standard InChI is InChI=1S/C9H12ClNO/c1-11(2)6-7-3-4-8(12)5-9(7)10/h3-5,12H,6H2,1-2H3. The molecular weight excluding hydrogens is 174 g/mol. The first-order valence-electron chi connectivity index (χ1n) is 3.71. The summed E-state index contributed by atoms with van der Waals surface area (Å²) in [6.45, 7) is 0.791. The van der Waals surface area contributed by atoms with Crippen LogP contribution in [0.5, 0.6) is 5.75 Å². The van der Waals surface area contributed by atoms with Gasteiger partial charge in [0.25, 0.3) is 0 Å². The van der Waals surface area contributed by atoms with Gasteiger partial charge in [-0.15, -0.1) is 0 Å². The maximum Gasteiger partial charge on any atom is 0.117 e. The first kappa shape index (κ1) is 9.36. The van der Waals surface area contributed by atoms with Gasteiger partial charge in [0.15, 0.2) is 0 Å². The van der Waals surface area contributed by atoms with Crippen LogP contribution in [0, 0.1) is 0 Å². The van der Waals surface area contributed by atoms with Gasteiger partial charge in [-0.25, -0.2) is 0 Å². The van der Waals surface area contributed by atoms with Gasteiger partial charge in [0.2, 0.25) is 0 Å². The highest BCUT2D eigenvalue weighted by Crippen LogP contribution is 2.21. The van der Waals surface area contributed by atoms with Crippen LogP contribution in [0.2, 0.25) is 5.02 Å². The molecule has 0 amide bonds. The highest BCUT2D eigenvalue weighted by molar-refractivity contribution is 6.31. The van der Waals surface area contributed by atoms with Gasteiger partial charge in [-0.1, -0.05) is 17.7 Å². The van der Waals surface area contributed by atoms with Gasteiger partial charge < -0.3 is 10.0 Å². The van der Waals surface area contributed by atoms with Crippen LogP contribution in [0.3, 0.4) is 0 Å². The van der Waals surface area contributed by atoms with E-state index in [1.807, 2.05) is 25.1 Å². The molecule has 1 aromatic rings. The zero-order chi connectivity index (χ0) is 9.14. The molecule has 1 aromatic carbocycles. The van der Waals surface area contributed by atoms with E-state index in [2.05, 4.69) is 0 Å². The van der Waals surface area contributed by atoms with Gasteiger partial charge in [-0.3, -0.25) is 0 Å². The van der Waals surface area contributed by atoms with Crippen LogP contribution in [-0.2, 0) is 6.54 Å². The molecule has 0 bridgehead atoms. The lowest BCUT2D eigenvalue weighted by atomic mass is 10.2. The Morgan fingerprint density at radius 2 is 2.08 bits per heavy atom. The number of hydrogen-bond acceptors (Lipinski definition) is 2. The Labute approximate surface area is 77.4 Å². The minimum absolute atomic E-state index is 0.211. The van der Waals surface area contributed by atoms with Crippen molar-refractivity contribution in [2.24, 2.45) is 0 Å². The quantitative estimate of drug-likeness (QED) is 0.763. The van der Waals surface area contributed by atoms with Gasteiger partial charge in [0.1, 0.15) is 5.75 Å². The molecule has 12 heavy (non-hydrogen) atoms. The van der Waals surface area contributed by atoms with E-state index >= 15 is 0 Å². The smallest absolute Gasteiger partial charge is 0.117 e. The molecule has 1 rings (SSSR count). The molecule has 0 aliphatic carbocycles. The summed E-state index contributed by atoms with van der Waals surface area (Å²) in [6, 6.07) is 5.03. The summed E-state index contributed by atoms with van der Waals surface area (Å²) in [5.74, 6) is 0.211. The Hall–Kier alpha value is -0.730. The molecule has 0 aliphatic heterocycles. The van der Waals surface area contributed by atoms with Gasteiger partial charge in [-0.05, 0) is 31.8 Å². The third kappa shape index (κ3) is 2.40. The van der Waals surface area contributed by atoms with Crippen molar-refractivity contribution in [1.82, 2.24) is 4.90 Å². The van der Waals surface area contributed by atoms with Gasteiger partial charge in [-0.2, -0.15) is 0 Å². The lowest BCUT2D eigenvalue weighted by Crippen LogP contribution is -2.10. The van der Waals surface area contributed by atoms with E-state index in [1.165, 1.54) is 0 Å². The molecule has 2 nitrogen and oxygen atoms in total. The van der Waals surface area contributed by atoms with Crippen molar-refractivity contribution in [3.8, 4) is 5.75 Å². The Morgan fingerprint density at radius 3 is 2.58 bits per heavy atom.